The van der Waals surface area contributed by atoms with E-state index in [4.69, 9.17) is 9.47 Å². The molecule has 12 nitrogen and oxygen atoms in total. The maximum atomic E-state index is 13.4. The lowest BCUT2D eigenvalue weighted by molar-refractivity contribution is 0.0729. The fourth-order valence-corrected chi connectivity index (χ4v) is 4.90. The zero-order valence-electron chi connectivity index (χ0n) is 24.6. The van der Waals surface area contributed by atoms with E-state index in [1.54, 1.807) is 35.2 Å². The summed E-state index contributed by atoms with van der Waals surface area (Å²) < 4.78 is 38.1. The highest BCUT2D eigenvalue weighted by Crippen LogP contribution is 2.39. The smallest absolute Gasteiger partial charge is 0.272 e. The summed E-state index contributed by atoms with van der Waals surface area (Å²) in [6.07, 6.45) is 2.32. The lowest BCUT2D eigenvalue weighted by Crippen LogP contribution is -2.46. The highest BCUT2D eigenvalue weighted by atomic mass is 32.2. The first-order valence-electron chi connectivity index (χ1n) is 13.4. The largest absolute Gasteiger partial charge is 0.492 e. The summed E-state index contributed by atoms with van der Waals surface area (Å²) in [6.45, 7) is 10.4. The van der Waals surface area contributed by atoms with Gasteiger partial charge in [-0.05, 0) is 47.7 Å². The van der Waals surface area contributed by atoms with Crippen molar-refractivity contribution in [1.82, 2.24) is 20.2 Å². The number of hydrogen-bond acceptors (Lipinski definition) is 9. The van der Waals surface area contributed by atoms with Gasteiger partial charge in [0.25, 0.3) is 11.8 Å². The first-order valence-corrected chi connectivity index (χ1v) is 15.3. The second kappa shape index (κ2) is 12.3. The van der Waals surface area contributed by atoms with Crippen LogP contribution in [-0.4, -0.2) is 74.6 Å². The quantitative estimate of drug-likeness (QED) is 0.354. The van der Waals surface area contributed by atoms with Gasteiger partial charge >= 0.3 is 0 Å². The van der Waals surface area contributed by atoms with Crippen LogP contribution in [0.1, 0.15) is 52.7 Å². The molecule has 3 N–H and O–H groups in total. The van der Waals surface area contributed by atoms with Crippen molar-refractivity contribution in [2.24, 2.45) is 0 Å². The summed E-state index contributed by atoms with van der Waals surface area (Å²) in [7, 11) is -2.22. The highest BCUT2D eigenvalue weighted by Gasteiger charge is 2.23. The summed E-state index contributed by atoms with van der Waals surface area (Å²) in [5.41, 5.74) is 2.19. The number of piperazine rings is 1. The van der Waals surface area contributed by atoms with E-state index in [1.165, 1.54) is 19.5 Å². The first-order chi connectivity index (χ1) is 19.7. The number of aromatic nitrogens is 2. The first kappa shape index (κ1) is 30.7. The Bertz CT molecular complexity index is 1600. The van der Waals surface area contributed by atoms with Gasteiger partial charge in [0.05, 0.1) is 24.7 Å². The minimum absolute atomic E-state index is 0.167. The SMILES string of the molecule is COc1c(NC(=O)c2ccc(C)c(Oc3cc(C(=O)N4CCNCC4)ncn3)c2)cc(C(C)(C)C)cc1NS(C)(=O)=O. The number of methoxy groups -OCH3 is 1. The van der Waals surface area contributed by atoms with Crippen LogP contribution in [0.25, 0.3) is 0 Å². The Labute approximate surface area is 245 Å². The molecule has 42 heavy (non-hydrogen) atoms. The molecule has 3 aromatic rings. The number of benzene rings is 2. The minimum atomic E-state index is -3.62. The molecule has 1 aromatic heterocycles. The third kappa shape index (κ3) is 7.53. The second-order valence-corrected chi connectivity index (χ2v) is 12.8. The van der Waals surface area contributed by atoms with Gasteiger partial charge in [-0.1, -0.05) is 26.8 Å². The zero-order chi connectivity index (χ0) is 30.7. The molecule has 1 aliphatic heterocycles. The van der Waals surface area contributed by atoms with Crippen molar-refractivity contribution >= 4 is 33.2 Å². The number of anilines is 2. The fourth-order valence-electron chi connectivity index (χ4n) is 4.35. The van der Waals surface area contributed by atoms with E-state index in [0.29, 0.717) is 24.5 Å². The normalized spacial score (nSPS) is 13.8. The van der Waals surface area contributed by atoms with Gasteiger partial charge < -0.3 is 25.0 Å². The van der Waals surface area contributed by atoms with E-state index >= 15 is 0 Å². The van der Waals surface area contributed by atoms with Crippen molar-refractivity contribution in [1.29, 1.82) is 0 Å². The van der Waals surface area contributed by atoms with Gasteiger partial charge in [-0.3, -0.25) is 14.3 Å². The topological polar surface area (TPSA) is 152 Å². The molecule has 1 saturated heterocycles. The Kier molecular flexibility index (Phi) is 9.02. The molecule has 0 spiro atoms. The van der Waals surface area contributed by atoms with Crippen LogP contribution >= 0.6 is 0 Å². The summed E-state index contributed by atoms with van der Waals surface area (Å²) in [4.78, 5) is 36.3. The van der Waals surface area contributed by atoms with Gasteiger partial charge in [-0.25, -0.2) is 18.4 Å². The van der Waals surface area contributed by atoms with E-state index in [0.717, 1.165) is 30.5 Å². The number of carbonyl (C=O) groups is 2. The van der Waals surface area contributed by atoms with E-state index < -0.39 is 15.9 Å². The number of carbonyl (C=O) groups excluding carboxylic acids is 2. The number of rotatable bonds is 8. The van der Waals surface area contributed by atoms with Crippen molar-refractivity contribution in [3.63, 3.8) is 0 Å². The predicted molar refractivity (Wildman–Crippen MR) is 160 cm³/mol. The van der Waals surface area contributed by atoms with Gasteiger partial charge in [-0.2, -0.15) is 0 Å². The standard InChI is InChI=1S/C29H36N6O6S/c1-18-7-8-19(13-24(18)41-25-16-23(31-17-32-25)28(37)35-11-9-30-10-12-35)27(36)33-21-14-20(29(2,3)4)15-22(26(21)40-5)34-42(6,38)39/h7-8,13-17,30,34H,9-12H2,1-6H3,(H,33,36). The number of hydrogen-bond donors (Lipinski definition) is 3. The van der Waals surface area contributed by atoms with Gasteiger partial charge in [-0.15, -0.1) is 0 Å². The van der Waals surface area contributed by atoms with E-state index in [1.807, 2.05) is 27.7 Å². The average Bonchev–Trinajstić information content (AvgIpc) is 2.93. The molecule has 1 fully saturated rings. The number of amides is 2. The molecular formula is C29H36N6O6S. The van der Waals surface area contributed by atoms with Gasteiger partial charge in [0.15, 0.2) is 5.75 Å². The number of ether oxygens (including phenoxy) is 2. The number of nitrogens with zero attached hydrogens (tertiary/aromatic N) is 3. The van der Waals surface area contributed by atoms with Crippen molar-refractivity contribution in [3.8, 4) is 17.4 Å². The third-order valence-electron chi connectivity index (χ3n) is 6.63. The van der Waals surface area contributed by atoms with Crippen molar-refractivity contribution < 1.29 is 27.5 Å². The molecule has 0 aliphatic carbocycles. The van der Waals surface area contributed by atoms with Crippen LogP contribution in [0.3, 0.4) is 0 Å². The van der Waals surface area contributed by atoms with Crippen LogP contribution in [0, 0.1) is 6.92 Å². The summed E-state index contributed by atoms with van der Waals surface area (Å²) >= 11 is 0. The van der Waals surface area contributed by atoms with Crippen LogP contribution < -0.4 is 24.8 Å². The van der Waals surface area contributed by atoms with Crippen LogP contribution in [-0.2, 0) is 15.4 Å². The molecule has 2 heterocycles. The molecular weight excluding hydrogens is 560 g/mol. The van der Waals surface area contributed by atoms with E-state index in [2.05, 4.69) is 25.3 Å². The van der Waals surface area contributed by atoms with Crippen LogP contribution in [0.15, 0.2) is 42.7 Å². The monoisotopic (exact) mass is 596 g/mol. The molecule has 0 saturated carbocycles. The van der Waals surface area contributed by atoms with Crippen molar-refractivity contribution in [3.05, 3.63) is 65.1 Å². The molecule has 0 bridgehead atoms. The summed E-state index contributed by atoms with van der Waals surface area (Å²) in [5, 5.41) is 6.06. The Balaban J connectivity index is 1.61. The molecule has 2 amide bonds. The molecule has 224 valence electrons. The molecule has 0 atom stereocenters. The predicted octanol–water partition coefficient (Wildman–Crippen LogP) is 3.55. The maximum absolute atomic E-state index is 13.4. The molecule has 1 aliphatic rings. The number of sulfonamides is 1. The number of nitrogens with one attached hydrogen (secondary N) is 3. The summed E-state index contributed by atoms with van der Waals surface area (Å²) in [5.74, 6) is 0.0431. The Morgan fingerprint density at radius 2 is 1.71 bits per heavy atom. The van der Waals surface area contributed by atoms with Crippen LogP contribution in [0.5, 0.6) is 17.4 Å². The zero-order valence-corrected chi connectivity index (χ0v) is 25.4. The molecule has 13 heteroatoms. The number of aryl methyl sites for hydroxylation is 1. The molecule has 2 aromatic carbocycles. The van der Waals surface area contributed by atoms with Crippen LogP contribution in [0.2, 0.25) is 0 Å². The minimum Gasteiger partial charge on any atom is -0.492 e. The van der Waals surface area contributed by atoms with Gasteiger partial charge in [0.2, 0.25) is 15.9 Å². The average molecular weight is 597 g/mol. The Morgan fingerprint density at radius 3 is 2.36 bits per heavy atom. The van der Waals surface area contributed by atoms with Crippen molar-refractivity contribution in [2.45, 2.75) is 33.1 Å². The fraction of sp³-hybridized carbons (Fsp3) is 0.379. The summed E-state index contributed by atoms with van der Waals surface area (Å²) in [6, 6.07) is 9.88. The lowest BCUT2D eigenvalue weighted by Gasteiger charge is -2.27. The van der Waals surface area contributed by atoms with Crippen LogP contribution in [0.4, 0.5) is 11.4 Å². The maximum Gasteiger partial charge on any atom is 0.272 e. The van der Waals surface area contributed by atoms with E-state index in [-0.39, 0.29) is 39.9 Å². The van der Waals surface area contributed by atoms with E-state index in [9.17, 15) is 18.0 Å². The molecule has 4 rings (SSSR count). The van der Waals surface area contributed by atoms with Gasteiger partial charge in [0.1, 0.15) is 17.8 Å². The van der Waals surface area contributed by atoms with Gasteiger partial charge in [0, 0.05) is 37.8 Å². The molecule has 0 unspecified atom stereocenters. The van der Waals surface area contributed by atoms with Crippen molar-refractivity contribution in [2.75, 3.05) is 49.6 Å². The molecule has 0 radical (unpaired) electrons. The third-order valence-corrected chi connectivity index (χ3v) is 7.22. The second-order valence-electron chi connectivity index (χ2n) is 11.0. The Hall–Kier alpha value is -4.23. The Morgan fingerprint density at radius 1 is 1.02 bits per heavy atom. The lowest BCUT2D eigenvalue weighted by atomic mass is 9.86. The highest BCUT2D eigenvalue weighted by molar-refractivity contribution is 7.92.